The average Bonchev–Trinajstić information content (AvgIpc) is 3.54. The Morgan fingerprint density at radius 2 is 0.979 bits per heavy atom. The van der Waals surface area contributed by atoms with Crippen LogP contribution in [0.25, 0.3) is 89.5 Å². The van der Waals surface area contributed by atoms with Gasteiger partial charge in [0.1, 0.15) is 11.3 Å². The van der Waals surface area contributed by atoms with Crippen molar-refractivity contribution in [3.63, 3.8) is 0 Å². The van der Waals surface area contributed by atoms with Gasteiger partial charge in [-0.1, -0.05) is 121 Å². The summed E-state index contributed by atoms with van der Waals surface area (Å²) in [4.78, 5) is 24.4. The summed E-state index contributed by atoms with van der Waals surface area (Å²) in [5.74, 6) is 1.89. The van der Waals surface area contributed by atoms with Crippen molar-refractivity contribution in [1.29, 1.82) is 0 Å². The number of benzene rings is 5. The van der Waals surface area contributed by atoms with Gasteiger partial charge in [0.15, 0.2) is 23.1 Å². The molecular weight excluding hydrogens is 578 g/mol. The fraction of sp³-hybridized carbons (Fsp3) is 0. The van der Waals surface area contributed by atoms with Crippen molar-refractivity contribution < 1.29 is 4.42 Å². The number of fused-ring (bicyclic) bond motifs is 4. The molecule has 0 saturated carbocycles. The lowest BCUT2D eigenvalue weighted by atomic mass is 9.98. The highest BCUT2D eigenvalue weighted by atomic mass is 16.3. The molecule has 0 atom stereocenters. The molecule has 0 aliphatic heterocycles. The first-order chi connectivity index (χ1) is 23.3. The van der Waals surface area contributed by atoms with Crippen LogP contribution in [0.4, 0.5) is 0 Å². The van der Waals surface area contributed by atoms with Gasteiger partial charge in [-0.15, -0.1) is 0 Å². The molecule has 47 heavy (non-hydrogen) atoms. The molecule has 0 spiro atoms. The maximum absolute atomic E-state index is 6.32. The summed E-state index contributed by atoms with van der Waals surface area (Å²) in [5.41, 5.74) is 8.80. The van der Waals surface area contributed by atoms with E-state index in [2.05, 4.69) is 42.5 Å². The van der Waals surface area contributed by atoms with Crippen LogP contribution in [0.5, 0.6) is 0 Å². The van der Waals surface area contributed by atoms with E-state index < -0.39 is 0 Å². The van der Waals surface area contributed by atoms with Gasteiger partial charge in [0.25, 0.3) is 0 Å². The Kier molecular flexibility index (Phi) is 6.35. The smallest absolute Gasteiger partial charge is 0.164 e. The molecule has 220 valence electrons. The number of hydrogen-bond acceptors (Lipinski definition) is 6. The van der Waals surface area contributed by atoms with Crippen LogP contribution in [0.15, 0.2) is 156 Å². The minimum absolute atomic E-state index is 0.616. The Bertz CT molecular complexity index is 2500. The largest absolute Gasteiger partial charge is 0.454 e. The average molecular weight is 604 g/mol. The van der Waals surface area contributed by atoms with Crippen LogP contribution >= 0.6 is 0 Å². The van der Waals surface area contributed by atoms with Gasteiger partial charge >= 0.3 is 0 Å². The van der Waals surface area contributed by atoms with Crippen LogP contribution in [-0.2, 0) is 0 Å². The predicted octanol–water partition coefficient (Wildman–Crippen LogP) is 10.0. The molecule has 0 aliphatic carbocycles. The molecule has 6 heteroatoms. The summed E-state index contributed by atoms with van der Waals surface area (Å²) >= 11 is 0. The molecule has 0 N–H and O–H groups in total. The van der Waals surface area contributed by atoms with Crippen molar-refractivity contribution in [2.75, 3.05) is 0 Å². The first kappa shape index (κ1) is 26.8. The molecule has 9 rings (SSSR count). The molecule has 0 amide bonds. The quantitative estimate of drug-likeness (QED) is 0.195. The van der Waals surface area contributed by atoms with Gasteiger partial charge in [0, 0.05) is 39.0 Å². The topological polar surface area (TPSA) is 77.6 Å². The minimum atomic E-state index is 0.616. The molecule has 4 aromatic heterocycles. The number of furan rings is 1. The van der Waals surface area contributed by atoms with Crippen molar-refractivity contribution in [3.8, 4) is 56.7 Å². The van der Waals surface area contributed by atoms with Crippen molar-refractivity contribution in [2.24, 2.45) is 0 Å². The Hall–Kier alpha value is -6.53. The zero-order valence-electron chi connectivity index (χ0n) is 25.1. The highest BCUT2D eigenvalue weighted by Crippen LogP contribution is 2.37. The van der Waals surface area contributed by atoms with E-state index in [1.165, 1.54) is 0 Å². The Morgan fingerprint density at radius 3 is 1.66 bits per heavy atom. The summed E-state index contributed by atoms with van der Waals surface area (Å²) < 4.78 is 6.32. The van der Waals surface area contributed by atoms with Gasteiger partial charge in [0.05, 0.1) is 11.2 Å². The first-order valence-corrected chi connectivity index (χ1v) is 15.4. The van der Waals surface area contributed by atoms with Gasteiger partial charge in [-0.05, 0) is 35.4 Å². The maximum atomic E-state index is 6.32. The summed E-state index contributed by atoms with van der Waals surface area (Å²) in [7, 11) is 0. The van der Waals surface area contributed by atoms with E-state index in [1.807, 2.05) is 109 Å². The second-order valence-electron chi connectivity index (χ2n) is 11.3. The van der Waals surface area contributed by atoms with Gasteiger partial charge in [-0.2, -0.15) is 0 Å². The lowest BCUT2D eigenvalue weighted by molar-refractivity contribution is 0.668. The lowest BCUT2D eigenvalue weighted by Crippen LogP contribution is -2.00. The first-order valence-electron chi connectivity index (χ1n) is 15.4. The van der Waals surface area contributed by atoms with E-state index in [1.54, 1.807) is 0 Å². The highest BCUT2D eigenvalue weighted by Gasteiger charge is 2.17. The normalized spacial score (nSPS) is 11.4. The van der Waals surface area contributed by atoms with E-state index >= 15 is 0 Å². The second-order valence-corrected chi connectivity index (χ2v) is 11.3. The number of pyridine rings is 2. The molecule has 6 nitrogen and oxygen atoms in total. The third kappa shape index (κ3) is 4.80. The molecule has 5 aromatic carbocycles. The minimum Gasteiger partial charge on any atom is -0.454 e. The summed E-state index contributed by atoms with van der Waals surface area (Å²) in [6, 6.07) is 48.8. The molecule has 4 heterocycles. The highest BCUT2D eigenvalue weighted by molar-refractivity contribution is 6.09. The van der Waals surface area contributed by atoms with E-state index in [0.29, 0.717) is 17.5 Å². The molecule has 0 fully saturated rings. The second kappa shape index (κ2) is 11.1. The third-order valence-corrected chi connectivity index (χ3v) is 8.41. The fourth-order valence-electron chi connectivity index (χ4n) is 6.11. The van der Waals surface area contributed by atoms with Crippen molar-refractivity contribution in [3.05, 3.63) is 152 Å². The molecule has 9 aromatic rings. The van der Waals surface area contributed by atoms with Crippen LogP contribution in [0.2, 0.25) is 0 Å². The predicted molar refractivity (Wildman–Crippen MR) is 187 cm³/mol. The number of nitrogens with zero attached hydrogens (tertiary/aromatic N) is 5. The SMILES string of the molecule is c1ccc(-c2nc(-c3ccccc3)nc(-c3ccc(-c4cc(-c5nccc6c5oc5ccccc56)nc5ccccc45)cc3)n2)cc1. The molecule has 0 unspecified atom stereocenters. The summed E-state index contributed by atoms with van der Waals surface area (Å²) in [6.07, 6.45) is 1.83. The fourth-order valence-corrected chi connectivity index (χ4v) is 6.11. The zero-order valence-corrected chi connectivity index (χ0v) is 25.1. The van der Waals surface area contributed by atoms with Crippen molar-refractivity contribution in [1.82, 2.24) is 24.9 Å². The molecule has 0 radical (unpaired) electrons. The van der Waals surface area contributed by atoms with Gasteiger partial charge in [-0.3, -0.25) is 4.98 Å². The van der Waals surface area contributed by atoms with Gasteiger partial charge < -0.3 is 4.42 Å². The van der Waals surface area contributed by atoms with Crippen LogP contribution in [-0.4, -0.2) is 24.9 Å². The molecule has 0 saturated heterocycles. The maximum Gasteiger partial charge on any atom is 0.164 e. The number of para-hydroxylation sites is 2. The van der Waals surface area contributed by atoms with E-state index in [-0.39, 0.29) is 0 Å². The van der Waals surface area contributed by atoms with E-state index in [4.69, 9.17) is 29.3 Å². The van der Waals surface area contributed by atoms with Crippen molar-refractivity contribution in [2.45, 2.75) is 0 Å². The Morgan fingerprint density at radius 1 is 0.426 bits per heavy atom. The monoisotopic (exact) mass is 603 g/mol. The summed E-state index contributed by atoms with van der Waals surface area (Å²) in [6.45, 7) is 0. The van der Waals surface area contributed by atoms with Crippen LogP contribution < -0.4 is 0 Å². The van der Waals surface area contributed by atoms with Crippen LogP contribution in [0.1, 0.15) is 0 Å². The third-order valence-electron chi connectivity index (χ3n) is 8.41. The molecule has 0 bridgehead atoms. The Balaban J connectivity index is 1.17. The van der Waals surface area contributed by atoms with Crippen LogP contribution in [0, 0.1) is 0 Å². The van der Waals surface area contributed by atoms with E-state index in [9.17, 15) is 0 Å². The van der Waals surface area contributed by atoms with Gasteiger partial charge in [0.2, 0.25) is 0 Å². The summed E-state index contributed by atoms with van der Waals surface area (Å²) in [5, 5.41) is 3.14. The van der Waals surface area contributed by atoms with Crippen LogP contribution in [0.3, 0.4) is 0 Å². The number of hydrogen-bond donors (Lipinski definition) is 0. The lowest BCUT2D eigenvalue weighted by Gasteiger charge is -2.11. The number of aromatic nitrogens is 5. The molecule has 0 aliphatic rings. The zero-order chi connectivity index (χ0) is 31.2. The molecular formula is C41H25N5O. The van der Waals surface area contributed by atoms with Gasteiger partial charge in [-0.25, -0.2) is 19.9 Å². The van der Waals surface area contributed by atoms with E-state index in [0.717, 1.165) is 72.0 Å². The van der Waals surface area contributed by atoms with Crippen molar-refractivity contribution >= 4 is 32.8 Å². The number of rotatable bonds is 5. The standard InChI is InChI=1S/C41H25N5O/c1-3-11-27(12-4-1)39-44-40(28-13-5-2-6-14-28)46-41(45-39)29-21-19-26(20-22-29)33-25-35(43-34-17-9-7-15-30(33)34)37-38-32(23-24-42-37)31-16-8-10-18-36(31)47-38/h1-25H. The Labute approximate surface area is 270 Å².